The highest BCUT2D eigenvalue weighted by atomic mass is 16.5. The Hall–Kier alpha value is -1.71. The standard InChI is InChI=1S/C17H28N2O2/c1-3-5-9-14(8-4-2)19-17(20)12-13-21-16-11-7-6-10-15(16)18/h6-7,10-11,14H,3-5,8-9,12-13,18H2,1-2H3,(H,19,20). The zero-order chi connectivity index (χ0) is 15.5. The molecule has 0 aliphatic carbocycles. The first-order valence-corrected chi connectivity index (χ1v) is 7.94. The number of ether oxygens (including phenoxy) is 1. The van der Waals surface area contributed by atoms with E-state index >= 15 is 0 Å². The average molecular weight is 292 g/mol. The van der Waals surface area contributed by atoms with Crippen molar-refractivity contribution in [3.05, 3.63) is 24.3 Å². The van der Waals surface area contributed by atoms with Crippen LogP contribution in [-0.4, -0.2) is 18.6 Å². The summed E-state index contributed by atoms with van der Waals surface area (Å²) in [7, 11) is 0. The molecule has 21 heavy (non-hydrogen) atoms. The van der Waals surface area contributed by atoms with E-state index in [0.717, 1.165) is 32.1 Å². The van der Waals surface area contributed by atoms with Gasteiger partial charge in [0.1, 0.15) is 5.75 Å². The molecule has 0 saturated carbocycles. The second-order valence-electron chi connectivity index (χ2n) is 5.33. The van der Waals surface area contributed by atoms with E-state index in [-0.39, 0.29) is 5.91 Å². The molecule has 1 atom stereocenters. The van der Waals surface area contributed by atoms with Crippen LogP contribution in [0, 0.1) is 0 Å². The van der Waals surface area contributed by atoms with Crippen molar-refractivity contribution < 1.29 is 9.53 Å². The number of nitrogen functional groups attached to an aromatic ring is 1. The number of nitrogens with two attached hydrogens (primary N) is 1. The van der Waals surface area contributed by atoms with Crippen LogP contribution in [0.15, 0.2) is 24.3 Å². The van der Waals surface area contributed by atoms with E-state index in [1.165, 1.54) is 0 Å². The maximum atomic E-state index is 11.9. The van der Waals surface area contributed by atoms with Gasteiger partial charge in [-0.1, -0.05) is 45.2 Å². The summed E-state index contributed by atoms with van der Waals surface area (Å²) in [6.45, 7) is 4.67. The topological polar surface area (TPSA) is 64.3 Å². The minimum atomic E-state index is 0.0547. The lowest BCUT2D eigenvalue weighted by molar-refractivity contribution is -0.122. The van der Waals surface area contributed by atoms with Crippen LogP contribution in [0.5, 0.6) is 5.75 Å². The van der Waals surface area contributed by atoms with Crippen molar-refractivity contribution in [1.29, 1.82) is 0 Å². The smallest absolute Gasteiger partial charge is 0.223 e. The molecule has 1 unspecified atom stereocenters. The molecule has 1 aromatic carbocycles. The van der Waals surface area contributed by atoms with Gasteiger partial charge in [-0.2, -0.15) is 0 Å². The van der Waals surface area contributed by atoms with Gasteiger partial charge in [0.05, 0.1) is 18.7 Å². The normalized spacial score (nSPS) is 11.9. The zero-order valence-electron chi connectivity index (χ0n) is 13.2. The van der Waals surface area contributed by atoms with Crippen LogP contribution in [0.2, 0.25) is 0 Å². The summed E-state index contributed by atoms with van der Waals surface area (Å²) in [5.74, 6) is 0.695. The molecular formula is C17H28N2O2. The molecule has 0 radical (unpaired) electrons. The van der Waals surface area contributed by atoms with E-state index in [1.54, 1.807) is 6.07 Å². The molecule has 4 heteroatoms. The number of carbonyl (C=O) groups excluding carboxylic acids is 1. The number of benzene rings is 1. The van der Waals surface area contributed by atoms with Gasteiger partial charge in [0, 0.05) is 6.04 Å². The van der Waals surface area contributed by atoms with Gasteiger partial charge in [-0.3, -0.25) is 4.79 Å². The van der Waals surface area contributed by atoms with E-state index in [4.69, 9.17) is 10.5 Å². The van der Waals surface area contributed by atoms with Crippen LogP contribution in [0.3, 0.4) is 0 Å². The largest absolute Gasteiger partial charge is 0.491 e. The quantitative estimate of drug-likeness (QED) is 0.649. The first kappa shape index (κ1) is 17.3. The molecule has 0 heterocycles. The summed E-state index contributed by atoms with van der Waals surface area (Å²) in [4.78, 5) is 11.9. The number of anilines is 1. The number of nitrogens with one attached hydrogen (secondary N) is 1. The van der Waals surface area contributed by atoms with Gasteiger partial charge in [-0.15, -0.1) is 0 Å². The molecule has 0 spiro atoms. The number of unbranched alkanes of at least 4 members (excludes halogenated alkanes) is 1. The van der Waals surface area contributed by atoms with Crippen LogP contribution >= 0.6 is 0 Å². The Morgan fingerprint density at radius 3 is 2.67 bits per heavy atom. The van der Waals surface area contributed by atoms with E-state index in [1.807, 2.05) is 18.2 Å². The summed E-state index contributed by atoms with van der Waals surface area (Å²) in [5.41, 5.74) is 6.39. The third kappa shape index (κ3) is 7.02. The molecule has 0 aliphatic heterocycles. The second-order valence-corrected chi connectivity index (χ2v) is 5.33. The lowest BCUT2D eigenvalue weighted by atomic mass is 10.1. The average Bonchev–Trinajstić information content (AvgIpc) is 2.47. The maximum Gasteiger partial charge on any atom is 0.223 e. The Labute approximate surface area is 128 Å². The van der Waals surface area contributed by atoms with E-state index in [0.29, 0.717) is 30.5 Å². The first-order chi connectivity index (χ1) is 10.2. The summed E-state index contributed by atoms with van der Waals surface area (Å²) >= 11 is 0. The number of carbonyl (C=O) groups is 1. The third-order valence-electron chi connectivity index (χ3n) is 3.41. The lowest BCUT2D eigenvalue weighted by Crippen LogP contribution is -2.35. The van der Waals surface area contributed by atoms with Crippen molar-refractivity contribution in [2.45, 2.75) is 58.4 Å². The first-order valence-electron chi connectivity index (χ1n) is 7.94. The molecule has 1 aromatic rings. The van der Waals surface area contributed by atoms with Crippen LogP contribution < -0.4 is 15.8 Å². The van der Waals surface area contributed by atoms with Gasteiger partial charge >= 0.3 is 0 Å². The predicted molar refractivity (Wildman–Crippen MR) is 87.3 cm³/mol. The number of hydrogen-bond acceptors (Lipinski definition) is 3. The molecule has 3 N–H and O–H groups in total. The van der Waals surface area contributed by atoms with Gasteiger partial charge in [0.15, 0.2) is 0 Å². The van der Waals surface area contributed by atoms with Gasteiger partial charge in [-0.25, -0.2) is 0 Å². The molecule has 0 aromatic heterocycles. The van der Waals surface area contributed by atoms with Crippen molar-refractivity contribution in [1.82, 2.24) is 5.32 Å². The Morgan fingerprint density at radius 1 is 1.24 bits per heavy atom. The van der Waals surface area contributed by atoms with E-state index in [2.05, 4.69) is 19.2 Å². The van der Waals surface area contributed by atoms with Crippen LogP contribution in [0.4, 0.5) is 5.69 Å². The fraction of sp³-hybridized carbons (Fsp3) is 0.588. The Kier molecular flexibility index (Phi) is 8.32. The SMILES string of the molecule is CCCCC(CCC)NC(=O)CCOc1ccccc1N. The third-order valence-corrected chi connectivity index (χ3v) is 3.41. The highest BCUT2D eigenvalue weighted by Gasteiger charge is 2.11. The molecule has 0 bridgehead atoms. The minimum Gasteiger partial charge on any atom is -0.491 e. The van der Waals surface area contributed by atoms with E-state index in [9.17, 15) is 4.79 Å². The van der Waals surface area contributed by atoms with Crippen molar-refractivity contribution in [2.24, 2.45) is 0 Å². The molecule has 118 valence electrons. The van der Waals surface area contributed by atoms with Crippen LogP contribution in [0.25, 0.3) is 0 Å². The lowest BCUT2D eigenvalue weighted by Gasteiger charge is -2.18. The van der Waals surface area contributed by atoms with Crippen molar-refractivity contribution in [3.8, 4) is 5.75 Å². The summed E-state index contributed by atoms with van der Waals surface area (Å²) in [6.07, 6.45) is 5.86. The number of amides is 1. The van der Waals surface area contributed by atoms with Crippen LogP contribution in [-0.2, 0) is 4.79 Å². The highest BCUT2D eigenvalue weighted by molar-refractivity contribution is 5.76. The summed E-state index contributed by atoms with van der Waals surface area (Å²) in [5, 5.41) is 3.10. The number of hydrogen-bond donors (Lipinski definition) is 2. The van der Waals surface area contributed by atoms with Crippen molar-refractivity contribution in [3.63, 3.8) is 0 Å². The van der Waals surface area contributed by atoms with Gasteiger partial charge in [0.2, 0.25) is 5.91 Å². The molecule has 1 amide bonds. The Morgan fingerprint density at radius 2 is 2.00 bits per heavy atom. The highest BCUT2D eigenvalue weighted by Crippen LogP contribution is 2.19. The maximum absolute atomic E-state index is 11.9. The van der Waals surface area contributed by atoms with Gasteiger partial charge < -0.3 is 15.8 Å². The van der Waals surface area contributed by atoms with Crippen molar-refractivity contribution >= 4 is 11.6 Å². The fourth-order valence-electron chi connectivity index (χ4n) is 2.25. The zero-order valence-corrected chi connectivity index (χ0v) is 13.2. The molecule has 0 aliphatic rings. The molecule has 0 fully saturated rings. The second kappa shape index (κ2) is 10.1. The minimum absolute atomic E-state index is 0.0547. The summed E-state index contributed by atoms with van der Waals surface area (Å²) in [6, 6.07) is 7.63. The number of para-hydroxylation sites is 2. The molecular weight excluding hydrogens is 264 g/mol. The molecule has 4 nitrogen and oxygen atoms in total. The molecule has 0 saturated heterocycles. The Bertz CT molecular complexity index is 421. The van der Waals surface area contributed by atoms with Crippen LogP contribution in [0.1, 0.15) is 52.4 Å². The predicted octanol–water partition coefficient (Wildman–Crippen LogP) is 3.51. The number of rotatable bonds is 10. The molecule has 1 rings (SSSR count). The van der Waals surface area contributed by atoms with Gasteiger partial charge in [-0.05, 0) is 25.0 Å². The Balaban J connectivity index is 2.30. The fourth-order valence-corrected chi connectivity index (χ4v) is 2.25. The summed E-state index contributed by atoms with van der Waals surface area (Å²) < 4.78 is 5.54. The van der Waals surface area contributed by atoms with Crippen molar-refractivity contribution in [2.75, 3.05) is 12.3 Å². The van der Waals surface area contributed by atoms with Gasteiger partial charge in [0.25, 0.3) is 0 Å². The van der Waals surface area contributed by atoms with E-state index < -0.39 is 0 Å². The monoisotopic (exact) mass is 292 g/mol.